The number of hydrogen-bond donors (Lipinski definition) is 2. The quantitative estimate of drug-likeness (QED) is 0.456. The average molecular weight is 425 g/mol. The van der Waals surface area contributed by atoms with Crippen molar-refractivity contribution in [2.75, 3.05) is 6.61 Å². The first kappa shape index (κ1) is 25.0. The van der Waals surface area contributed by atoms with Gasteiger partial charge in [0.25, 0.3) is 0 Å². The van der Waals surface area contributed by atoms with E-state index in [1.165, 1.54) is 0 Å². The van der Waals surface area contributed by atoms with Crippen molar-refractivity contribution < 1.29 is 19.7 Å². The van der Waals surface area contributed by atoms with E-state index in [4.69, 9.17) is 4.74 Å². The van der Waals surface area contributed by atoms with Gasteiger partial charge >= 0.3 is 0 Å². The molecule has 2 rings (SSSR count). The third kappa shape index (κ3) is 6.13. The van der Waals surface area contributed by atoms with E-state index in [9.17, 15) is 15.0 Å². The topological polar surface area (TPSA) is 66.8 Å². The lowest BCUT2D eigenvalue weighted by Crippen LogP contribution is -2.44. The van der Waals surface area contributed by atoms with E-state index in [2.05, 4.69) is 0 Å². The van der Waals surface area contributed by atoms with Crippen LogP contribution < -0.4 is 0 Å². The summed E-state index contributed by atoms with van der Waals surface area (Å²) in [5, 5.41) is 19.6. The lowest BCUT2D eigenvalue weighted by molar-refractivity contribution is -0.119. The van der Waals surface area contributed by atoms with Gasteiger partial charge in [-0.05, 0) is 44.9 Å². The van der Waals surface area contributed by atoms with E-state index in [1.807, 2.05) is 101 Å². The molecular formula is C27H36O4. The molecule has 0 spiro atoms. The van der Waals surface area contributed by atoms with Crippen LogP contribution in [0.25, 0.3) is 0 Å². The van der Waals surface area contributed by atoms with E-state index < -0.39 is 5.60 Å². The summed E-state index contributed by atoms with van der Waals surface area (Å²) in [6, 6.07) is 0. The van der Waals surface area contributed by atoms with Gasteiger partial charge in [-0.25, -0.2) is 0 Å². The van der Waals surface area contributed by atoms with Crippen molar-refractivity contribution in [2.45, 2.75) is 59.4 Å². The van der Waals surface area contributed by atoms with Crippen molar-refractivity contribution >= 4 is 5.78 Å². The van der Waals surface area contributed by atoms with Gasteiger partial charge in [0.1, 0.15) is 5.60 Å². The summed E-state index contributed by atoms with van der Waals surface area (Å²) in [6.07, 6.45) is 21.0. The van der Waals surface area contributed by atoms with Gasteiger partial charge in [-0.1, -0.05) is 74.6 Å². The van der Waals surface area contributed by atoms with Crippen LogP contribution >= 0.6 is 0 Å². The molecule has 2 aliphatic rings. The third-order valence-corrected chi connectivity index (χ3v) is 6.29. The molecule has 1 aliphatic heterocycles. The van der Waals surface area contributed by atoms with Crippen LogP contribution in [0.1, 0.15) is 41.5 Å². The molecule has 0 saturated carbocycles. The first-order valence-electron chi connectivity index (χ1n) is 10.8. The molecule has 5 atom stereocenters. The highest BCUT2D eigenvalue weighted by molar-refractivity contribution is 6.00. The Morgan fingerprint density at radius 2 is 1.65 bits per heavy atom. The Morgan fingerprint density at radius 3 is 2.23 bits per heavy atom. The molecule has 0 radical (unpaired) electrons. The fraction of sp³-hybridized carbons (Fsp3) is 0.444. The van der Waals surface area contributed by atoms with Crippen LogP contribution in [0.2, 0.25) is 0 Å². The van der Waals surface area contributed by atoms with Crippen LogP contribution in [-0.2, 0) is 9.53 Å². The Balaban J connectivity index is 1.89. The van der Waals surface area contributed by atoms with E-state index in [-0.39, 0.29) is 35.9 Å². The number of rotatable bonds is 7. The fourth-order valence-electron chi connectivity index (χ4n) is 3.90. The minimum atomic E-state index is -0.930. The molecule has 0 saturated heterocycles. The second-order valence-electron chi connectivity index (χ2n) is 8.98. The van der Waals surface area contributed by atoms with Gasteiger partial charge in [0.2, 0.25) is 0 Å². The molecule has 1 heterocycles. The predicted molar refractivity (Wildman–Crippen MR) is 126 cm³/mol. The molecule has 0 aromatic heterocycles. The maximum Gasteiger partial charge on any atom is 0.164 e. The average Bonchev–Trinajstić information content (AvgIpc) is 2.92. The second kappa shape index (κ2) is 10.4. The fourth-order valence-corrected chi connectivity index (χ4v) is 3.90. The molecule has 0 bridgehead atoms. The highest BCUT2D eigenvalue weighted by Gasteiger charge is 2.39. The van der Waals surface area contributed by atoms with Crippen molar-refractivity contribution in [3.05, 3.63) is 83.6 Å². The highest BCUT2D eigenvalue weighted by atomic mass is 16.5. The zero-order chi connectivity index (χ0) is 23.2. The molecule has 2 N–H and O–H groups in total. The highest BCUT2D eigenvalue weighted by Crippen LogP contribution is 2.39. The van der Waals surface area contributed by atoms with E-state index in [0.29, 0.717) is 5.57 Å². The Morgan fingerprint density at radius 1 is 1.06 bits per heavy atom. The van der Waals surface area contributed by atoms with Gasteiger partial charge in [-0.15, -0.1) is 0 Å². The van der Waals surface area contributed by atoms with E-state index in [0.717, 1.165) is 11.1 Å². The molecule has 4 nitrogen and oxygen atoms in total. The summed E-state index contributed by atoms with van der Waals surface area (Å²) in [7, 11) is 0. The molecule has 0 amide bonds. The van der Waals surface area contributed by atoms with Crippen LogP contribution in [0.5, 0.6) is 0 Å². The van der Waals surface area contributed by atoms with Crippen LogP contribution in [-0.4, -0.2) is 40.4 Å². The number of Topliss-reactive ketones (excluding diaryl/α,β-unsaturated/α-hetero) is 1. The maximum atomic E-state index is 12.1. The number of carbonyl (C=O) groups is 1. The van der Waals surface area contributed by atoms with Crippen molar-refractivity contribution in [3.8, 4) is 0 Å². The number of carbonyl (C=O) groups excluding carboxylic acids is 1. The molecule has 0 aromatic rings. The van der Waals surface area contributed by atoms with Gasteiger partial charge in [-0.3, -0.25) is 4.79 Å². The largest absolute Gasteiger partial charge is 0.392 e. The van der Waals surface area contributed by atoms with Crippen molar-refractivity contribution in [1.29, 1.82) is 0 Å². The van der Waals surface area contributed by atoms with Crippen molar-refractivity contribution in [2.24, 2.45) is 11.3 Å². The molecular weight excluding hydrogens is 388 g/mol. The van der Waals surface area contributed by atoms with Gasteiger partial charge in [0.15, 0.2) is 5.78 Å². The smallest absolute Gasteiger partial charge is 0.164 e. The lowest BCUT2D eigenvalue weighted by atomic mass is 9.80. The molecule has 1 aliphatic carbocycles. The molecule has 0 aromatic carbocycles. The SMILES string of the molecule is CC(=CC=CC=CC=CC=C[C@]1(C)C=C(CO)C(=O)[C@@H]1C)[C@@H]1O[C@H](C)[C@](C)(O)C=C1C. The molecule has 4 heteroatoms. The number of aliphatic hydroxyl groups excluding tert-OH is 1. The summed E-state index contributed by atoms with van der Waals surface area (Å²) >= 11 is 0. The Kier molecular flexibility index (Phi) is 8.35. The van der Waals surface area contributed by atoms with Gasteiger partial charge in [-0.2, -0.15) is 0 Å². The third-order valence-electron chi connectivity index (χ3n) is 6.29. The Bertz CT molecular complexity index is 879. The first-order chi connectivity index (χ1) is 14.5. The monoisotopic (exact) mass is 424 g/mol. The minimum absolute atomic E-state index is 0.0242. The molecule has 31 heavy (non-hydrogen) atoms. The second-order valence-corrected chi connectivity index (χ2v) is 8.98. The normalized spacial score (nSPS) is 35.2. The zero-order valence-corrected chi connectivity index (χ0v) is 19.5. The summed E-state index contributed by atoms with van der Waals surface area (Å²) < 4.78 is 5.98. The number of hydrogen-bond acceptors (Lipinski definition) is 4. The van der Waals surface area contributed by atoms with Gasteiger partial charge in [0, 0.05) is 16.9 Å². The Hall–Kier alpha value is -2.27. The summed E-state index contributed by atoms with van der Waals surface area (Å²) in [4.78, 5) is 12.1. The van der Waals surface area contributed by atoms with Crippen LogP contribution in [0.4, 0.5) is 0 Å². The number of ketones is 1. The standard InChI is InChI=1S/C27H36O4/c1-19(25-20(2)16-27(6,30)22(4)31-25)14-12-10-8-7-9-11-13-15-26(5)17-23(18-28)24(29)21(26)3/h7-17,21-22,25,28,30H,18H2,1-6H3/t21-,22+,25-,26+,27+/m0/s1. The zero-order valence-electron chi connectivity index (χ0n) is 19.5. The summed E-state index contributed by atoms with van der Waals surface area (Å²) in [6.45, 7) is 11.4. The molecule has 0 fully saturated rings. The minimum Gasteiger partial charge on any atom is -0.392 e. The predicted octanol–water partition coefficient (Wildman–Crippen LogP) is 4.79. The number of allylic oxidation sites excluding steroid dienone is 10. The lowest BCUT2D eigenvalue weighted by Gasteiger charge is -2.37. The number of aliphatic hydroxyl groups is 2. The maximum absolute atomic E-state index is 12.1. The van der Waals surface area contributed by atoms with Crippen molar-refractivity contribution in [3.63, 3.8) is 0 Å². The van der Waals surface area contributed by atoms with Crippen LogP contribution in [0.15, 0.2) is 83.6 Å². The van der Waals surface area contributed by atoms with Gasteiger partial charge in [0.05, 0.1) is 18.8 Å². The number of ether oxygens (including phenoxy) is 1. The molecule has 0 unspecified atom stereocenters. The summed E-state index contributed by atoms with van der Waals surface area (Å²) in [5.41, 5.74) is 1.32. The van der Waals surface area contributed by atoms with E-state index in [1.54, 1.807) is 6.92 Å². The van der Waals surface area contributed by atoms with Crippen LogP contribution in [0.3, 0.4) is 0 Å². The van der Waals surface area contributed by atoms with E-state index >= 15 is 0 Å². The van der Waals surface area contributed by atoms with Gasteiger partial charge < -0.3 is 14.9 Å². The van der Waals surface area contributed by atoms with Crippen LogP contribution in [0, 0.1) is 11.3 Å². The Labute approximate surface area is 186 Å². The van der Waals surface area contributed by atoms with Crippen molar-refractivity contribution in [1.82, 2.24) is 0 Å². The molecule has 168 valence electrons. The summed E-state index contributed by atoms with van der Waals surface area (Å²) in [5.74, 6) is -0.135. The first-order valence-corrected chi connectivity index (χ1v) is 10.8.